The average Bonchev–Trinajstić information content (AvgIpc) is 3.17. The standard InChI is InChI=1S/C25H24N2O2/c1-3-20-16-21(12-9-15-24-27-22-13-7-8-14-23(22)29-24)25(26-18(20)2)28-17-19-10-5-4-6-11-19/h4-11,13-16H,3,12,17H2,1-2H3. The molecule has 4 heteroatoms. The Kier molecular flexibility index (Phi) is 5.71. The summed E-state index contributed by atoms with van der Waals surface area (Å²) in [6.07, 6.45) is 5.60. The van der Waals surface area contributed by atoms with Crippen molar-refractivity contribution in [2.75, 3.05) is 0 Å². The summed E-state index contributed by atoms with van der Waals surface area (Å²) in [7, 11) is 0. The van der Waals surface area contributed by atoms with Crippen LogP contribution in [0, 0.1) is 6.92 Å². The van der Waals surface area contributed by atoms with Crippen LogP contribution in [-0.2, 0) is 19.4 Å². The van der Waals surface area contributed by atoms with Gasteiger partial charge >= 0.3 is 0 Å². The van der Waals surface area contributed by atoms with Crippen molar-refractivity contribution >= 4 is 17.2 Å². The lowest BCUT2D eigenvalue weighted by Crippen LogP contribution is -2.04. The second-order valence-corrected chi connectivity index (χ2v) is 6.95. The molecule has 0 N–H and O–H groups in total. The lowest BCUT2D eigenvalue weighted by atomic mass is 10.1. The van der Waals surface area contributed by atoms with Crippen LogP contribution in [0.25, 0.3) is 17.2 Å². The van der Waals surface area contributed by atoms with E-state index in [1.54, 1.807) is 0 Å². The minimum absolute atomic E-state index is 0.501. The van der Waals surface area contributed by atoms with E-state index < -0.39 is 0 Å². The number of oxazole rings is 1. The summed E-state index contributed by atoms with van der Waals surface area (Å²) in [5.74, 6) is 1.29. The number of allylic oxidation sites excluding steroid dienone is 1. The lowest BCUT2D eigenvalue weighted by Gasteiger charge is -2.13. The molecular formula is C25H24N2O2. The van der Waals surface area contributed by atoms with E-state index in [0.717, 1.165) is 34.3 Å². The van der Waals surface area contributed by atoms with Crippen molar-refractivity contribution in [3.05, 3.63) is 95.0 Å². The highest BCUT2D eigenvalue weighted by atomic mass is 16.5. The van der Waals surface area contributed by atoms with E-state index in [1.807, 2.05) is 61.5 Å². The Labute approximate surface area is 170 Å². The maximum Gasteiger partial charge on any atom is 0.219 e. The Morgan fingerprint density at radius 2 is 1.76 bits per heavy atom. The van der Waals surface area contributed by atoms with Gasteiger partial charge in [0.25, 0.3) is 0 Å². The number of aromatic nitrogens is 2. The van der Waals surface area contributed by atoms with Gasteiger partial charge in [-0.1, -0.05) is 55.5 Å². The van der Waals surface area contributed by atoms with Gasteiger partial charge in [-0.15, -0.1) is 0 Å². The van der Waals surface area contributed by atoms with Gasteiger partial charge in [-0.2, -0.15) is 0 Å². The molecule has 29 heavy (non-hydrogen) atoms. The largest absolute Gasteiger partial charge is 0.473 e. The number of pyridine rings is 1. The zero-order chi connectivity index (χ0) is 20.1. The molecule has 2 aromatic heterocycles. The van der Waals surface area contributed by atoms with E-state index in [9.17, 15) is 0 Å². The van der Waals surface area contributed by atoms with E-state index in [1.165, 1.54) is 5.56 Å². The third-order valence-corrected chi connectivity index (χ3v) is 4.87. The minimum atomic E-state index is 0.501. The Morgan fingerprint density at radius 1 is 0.966 bits per heavy atom. The number of hydrogen-bond acceptors (Lipinski definition) is 4. The number of ether oxygens (including phenoxy) is 1. The molecule has 0 unspecified atom stereocenters. The molecule has 0 aliphatic heterocycles. The second-order valence-electron chi connectivity index (χ2n) is 6.95. The van der Waals surface area contributed by atoms with Gasteiger partial charge in [0.15, 0.2) is 5.58 Å². The summed E-state index contributed by atoms with van der Waals surface area (Å²) < 4.78 is 11.8. The smallest absolute Gasteiger partial charge is 0.219 e. The fourth-order valence-electron chi connectivity index (χ4n) is 3.28. The molecule has 2 aromatic carbocycles. The lowest BCUT2D eigenvalue weighted by molar-refractivity contribution is 0.290. The molecule has 146 valence electrons. The Bertz CT molecular complexity index is 1100. The topological polar surface area (TPSA) is 48.2 Å². The summed E-state index contributed by atoms with van der Waals surface area (Å²) in [4.78, 5) is 9.21. The van der Waals surface area contributed by atoms with Crippen molar-refractivity contribution in [1.82, 2.24) is 9.97 Å². The highest BCUT2D eigenvalue weighted by Gasteiger charge is 2.10. The molecule has 0 saturated carbocycles. The van der Waals surface area contributed by atoms with Crippen molar-refractivity contribution in [2.45, 2.75) is 33.3 Å². The molecule has 0 fully saturated rings. The van der Waals surface area contributed by atoms with Crippen LogP contribution in [0.1, 0.15) is 35.2 Å². The first-order chi connectivity index (χ1) is 14.2. The molecule has 0 aliphatic rings. The van der Waals surface area contributed by atoms with Gasteiger partial charge in [-0.05, 0) is 55.2 Å². The van der Waals surface area contributed by atoms with Crippen LogP contribution in [0.5, 0.6) is 5.88 Å². The number of hydrogen-bond donors (Lipinski definition) is 0. The van der Waals surface area contributed by atoms with E-state index >= 15 is 0 Å². The van der Waals surface area contributed by atoms with Crippen molar-refractivity contribution in [2.24, 2.45) is 0 Å². The van der Waals surface area contributed by atoms with E-state index in [2.05, 4.69) is 30.1 Å². The van der Waals surface area contributed by atoms with Crippen LogP contribution >= 0.6 is 0 Å². The Hall–Kier alpha value is -3.40. The van der Waals surface area contributed by atoms with Gasteiger partial charge in [0.05, 0.1) is 0 Å². The Morgan fingerprint density at radius 3 is 2.55 bits per heavy atom. The van der Waals surface area contributed by atoms with Gasteiger partial charge < -0.3 is 9.15 Å². The van der Waals surface area contributed by atoms with Gasteiger partial charge in [0.1, 0.15) is 12.1 Å². The summed E-state index contributed by atoms with van der Waals surface area (Å²) in [5, 5.41) is 0. The first kappa shape index (κ1) is 18.9. The van der Waals surface area contributed by atoms with Crippen molar-refractivity contribution in [1.29, 1.82) is 0 Å². The fourth-order valence-corrected chi connectivity index (χ4v) is 3.28. The third kappa shape index (κ3) is 4.54. The fraction of sp³-hybridized carbons (Fsp3) is 0.200. The monoisotopic (exact) mass is 384 g/mol. The predicted octanol–water partition coefficient (Wildman–Crippen LogP) is 5.93. The van der Waals surface area contributed by atoms with Crippen molar-refractivity contribution in [3.8, 4) is 5.88 Å². The maximum atomic E-state index is 6.07. The minimum Gasteiger partial charge on any atom is -0.473 e. The molecule has 0 amide bonds. The highest BCUT2D eigenvalue weighted by molar-refractivity contribution is 5.73. The summed E-state index contributed by atoms with van der Waals surface area (Å²) in [6.45, 7) is 4.68. The molecule has 0 saturated heterocycles. The zero-order valence-electron chi connectivity index (χ0n) is 16.8. The first-order valence-electron chi connectivity index (χ1n) is 9.91. The number of nitrogens with zero attached hydrogens (tertiary/aromatic N) is 2. The number of rotatable bonds is 7. The number of para-hydroxylation sites is 2. The molecule has 0 atom stereocenters. The normalized spacial score (nSPS) is 11.4. The second kappa shape index (κ2) is 8.74. The van der Waals surface area contributed by atoms with Gasteiger partial charge in [0.2, 0.25) is 11.8 Å². The zero-order valence-corrected chi connectivity index (χ0v) is 16.8. The number of aryl methyl sites for hydroxylation is 2. The molecule has 4 aromatic rings. The maximum absolute atomic E-state index is 6.07. The quantitative estimate of drug-likeness (QED) is 0.396. The molecule has 0 spiro atoms. The highest BCUT2D eigenvalue weighted by Crippen LogP contribution is 2.23. The first-order valence-corrected chi connectivity index (χ1v) is 9.91. The third-order valence-electron chi connectivity index (χ3n) is 4.87. The van der Waals surface area contributed by atoms with Gasteiger partial charge in [0, 0.05) is 11.3 Å². The van der Waals surface area contributed by atoms with Crippen LogP contribution in [0.15, 0.2) is 71.2 Å². The summed E-state index contributed by atoms with van der Waals surface area (Å²) in [5.41, 5.74) is 6.11. The number of fused-ring (bicyclic) bond motifs is 1. The van der Waals surface area contributed by atoms with E-state index in [4.69, 9.17) is 14.1 Å². The van der Waals surface area contributed by atoms with Crippen LogP contribution in [0.2, 0.25) is 0 Å². The summed E-state index contributed by atoms with van der Waals surface area (Å²) >= 11 is 0. The molecule has 0 radical (unpaired) electrons. The van der Waals surface area contributed by atoms with E-state index in [-0.39, 0.29) is 0 Å². The molecular weight excluding hydrogens is 360 g/mol. The summed E-state index contributed by atoms with van der Waals surface area (Å²) in [6, 6.07) is 20.1. The van der Waals surface area contributed by atoms with Crippen LogP contribution < -0.4 is 4.74 Å². The molecule has 4 nitrogen and oxygen atoms in total. The van der Waals surface area contributed by atoms with Crippen LogP contribution in [0.4, 0.5) is 0 Å². The van der Waals surface area contributed by atoms with Crippen molar-refractivity contribution < 1.29 is 9.15 Å². The SMILES string of the molecule is CCc1cc(CC=Cc2nc3ccccc3o2)c(OCc2ccccc2)nc1C. The van der Waals surface area contributed by atoms with E-state index in [0.29, 0.717) is 24.8 Å². The average molecular weight is 384 g/mol. The Balaban J connectivity index is 1.54. The van der Waals surface area contributed by atoms with Crippen LogP contribution in [0.3, 0.4) is 0 Å². The van der Waals surface area contributed by atoms with Gasteiger partial charge in [-0.25, -0.2) is 9.97 Å². The van der Waals surface area contributed by atoms with Crippen LogP contribution in [-0.4, -0.2) is 9.97 Å². The van der Waals surface area contributed by atoms with Gasteiger partial charge in [-0.3, -0.25) is 0 Å². The molecule has 0 aliphatic carbocycles. The molecule has 2 heterocycles. The predicted molar refractivity (Wildman–Crippen MR) is 116 cm³/mol. The molecule has 4 rings (SSSR count). The van der Waals surface area contributed by atoms with Crippen molar-refractivity contribution in [3.63, 3.8) is 0 Å². The molecule has 0 bridgehead atoms. The number of benzene rings is 2.